The fourth-order valence-corrected chi connectivity index (χ4v) is 1.55. The maximum atomic E-state index is 11.1. The largest absolute Gasteiger partial charge is 0.295 e. The van der Waals surface area contributed by atoms with Crippen LogP contribution in [0.5, 0.6) is 0 Å². The zero-order valence-electron chi connectivity index (χ0n) is 10.2. The summed E-state index contributed by atoms with van der Waals surface area (Å²) >= 11 is 0. The monoisotopic (exact) mass is 241 g/mol. The van der Waals surface area contributed by atoms with Crippen LogP contribution in [0, 0.1) is 0 Å². The summed E-state index contributed by atoms with van der Waals surface area (Å²) in [5.41, 5.74) is 5.48. The number of Topliss-reactive ketones (excluding diaryl/α,β-unsaturated/α-hetero) is 1. The molecule has 92 valence electrons. The molecule has 0 saturated carbocycles. The van der Waals surface area contributed by atoms with E-state index in [2.05, 4.69) is 5.48 Å². The van der Waals surface area contributed by atoms with E-state index < -0.39 is 0 Å². The average Bonchev–Trinajstić information content (AvgIpc) is 2.40. The summed E-state index contributed by atoms with van der Waals surface area (Å²) in [6.45, 7) is 2.05. The Morgan fingerprint density at radius 1 is 1.06 bits per heavy atom. The Morgan fingerprint density at radius 3 is 2.33 bits per heavy atom. The smallest absolute Gasteiger partial charge is 0.159 e. The van der Waals surface area contributed by atoms with Gasteiger partial charge in [-0.25, -0.2) is 0 Å². The molecule has 3 nitrogen and oxygen atoms in total. The van der Waals surface area contributed by atoms with E-state index in [-0.39, 0.29) is 5.78 Å². The highest BCUT2D eigenvalue weighted by Crippen LogP contribution is 2.10. The molecule has 0 amide bonds. The van der Waals surface area contributed by atoms with Crippen molar-refractivity contribution in [3.8, 4) is 0 Å². The van der Waals surface area contributed by atoms with Gasteiger partial charge >= 0.3 is 0 Å². The van der Waals surface area contributed by atoms with Gasteiger partial charge in [-0.1, -0.05) is 30.3 Å². The van der Waals surface area contributed by atoms with Crippen LogP contribution in [0.1, 0.15) is 22.8 Å². The van der Waals surface area contributed by atoms with E-state index in [0.29, 0.717) is 12.2 Å². The van der Waals surface area contributed by atoms with Crippen LogP contribution in [0.3, 0.4) is 0 Å². The number of carbonyl (C=O) groups excluding carboxylic acids is 1. The molecule has 0 aliphatic carbocycles. The molecule has 0 aliphatic heterocycles. The molecule has 0 radical (unpaired) electrons. The van der Waals surface area contributed by atoms with Crippen LogP contribution >= 0.6 is 0 Å². The normalized spacial score (nSPS) is 10.1. The summed E-state index contributed by atoms with van der Waals surface area (Å²) in [4.78, 5) is 16.5. The molecule has 0 saturated heterocycles. The van der Waals surface area contributed by atoms with Crippen molar-refractivity contribution in [1.82, 2.24) is 0 Å². The van der Waals surface area contributed by atoms with Crippen LogP contribution in [-0.2, 0) is 11.4 Å². The maximum absolute atomic E-state index is 11.1. The summed E-state index contributed by atoms with van der Waals surface area (Å²) in [6.07, 6.45) is 0. The van der Waals surface area contributed by atoms with Gasteiger partial charge in [-0.2, -0.15) is 0 Å². The van der Waals surface area contributed by atoms with Crippen LogP contribution in [0.15, 0.2) is 54.6 Å². The first-order valence-corrected chi connectivity index (χ1v) is 5.78. The Labute approximate surface area is 106 Å². The van der Waals surface area contributed by atoms with Crippen molar-refractivity contribution in [3.05, 3.63) is 65.7 Å². The quantitative estimate of drug-likeness (QED) is 0.643. The van der Waals surface area contributed by atoms with Gasteiger partial charge in [-0.3, -0.25) is 15.1 Å². The molecule has 0 heterocycles. The molecule has 18 heavy (non-hydrogen) atoms. The Balaban J connectivity index is 1.85. The molecule has 1 N–H and O–H groups in total. The molecular formula is C15H15NO2. The molecule has 0 fully saturated rings. The Morgan fingerprint density at radius 2 is 1.72 bits per heavy atom. The fraction of sp³-hybridized carbons (Fsp3) is 0.133. The zero-order valence-corrected chi connectivity index (χ0v) is 10.2. The topological polar surface area (TPSA) is 38.3 Å². The fourth-order valence-electron chi connectivity index (χ4n) is 1.55. The van der Waals surface area contributed by atoms with Gasteiger partial charge in [-0.05, 0) is 36.8 Å². The molecule has 0 atom stereocenters. The molecule has 0 unspecified atom stereocenters. The van der Waals surface area contributed by atoms with Gasteiger partial charge in [0.1, 0.15) is 0 Å². The summed E-state index contributed by atoms with van der Waals surface area (Å²) in [5.74, 6) is 0.0618. The van der Waals surface area contributed by atoms with Crippen molar-refractivity contribution in [1.29, 1.82) is 0 Å². The maximum Gasteiger partial charge on any atom is 0.159 e. The predicted octanol–water partition coefficient (Wildman–Crippen LogP) is 3.43. The second kappa shape index (κ2) is 5.98. The van der Waals surface area contributed by atoms with E-state index in [1.165, 1.54) is 0 Å². The highest BCUT2D eigenvalue weighted by atomic mass is 16.6. The first-order valence-electron chi connectivity index (χ1n) is 5.78. The van der Waals surface area contributed by atoms with Gasteiger partial charge in [0.25, 0.3) is 0 Å². The van der Waals surface area contributed by atoms with Crippen molar-refractivity contribution in [2.24, 2.45) is 0 Å². The van der Waals surface area contributed by atoms with E-state index in [1.54, 1.807) is 19.1 Å². The van der Waals surface area contributed by atoms with E-state index in [9.17, 15) is 4.79 Å². The predicted molar refractivity (Wildman–Crippen MR) is 71.3 cm³/mol. The number of anilines is 1. The second-order valence-corrected chi connectivity index (χ2v) is 4.01. The van der Waals surface area contributed by atoms with Gasteiger partial charge < -0.3 is 0 Å². The van der Waals surface area contributed by atoms with Crippen molar-refractivity contribution in [2.45, 2.75) is 13.5 Å². The minimum Gasteiger partial charge on any atom is -0.295 e. The Bertz CT molecular complexity index is 506. The summed E-state index contributed by atoms with van der Waals surface area (Å²) in [7, 11) is 0. The third-order valence-electron chi connectivity index (χ3n) is 2.56. The Hall–Kier alpha value is -2.13. The van der Waals surface area contributed by atoms with Gasteiger partial charge in [0.05, 0.1) is 12.3 Å². The first kappa shape index (κ1) is 12.3. The van der Waals surface area contributed by atoms with Crippen molar-refractivity contribution in [3.63, 3.8) is 0 Å². The van der Waals surface area contributed by atoms with Gasteiger partial charge in [0.15, 0.2) is 5.78 Å². The molecule has 0 bridgehead atoms. The standard InChI is InChI=1S/C15H15NO2/c1-12(17)14-7-9-15(10-8-14)16-18-11-13-5-3-2-4-6-13/h2-10,16H,11H2,1H3. The van der Waals surface area contributed by atoms with E-state index in [0.717, 1.165) is 11.3 Å². The first-order chi connectivity index (χ1) is 8.75. The summed E-state index contributed by atoms with van der Waals surface area (Å²) in [5, 5.41) is 0. The lowest BCUT2D eigenvalue weighted by Crippen LogP contribution is -2.01. The number of hydrogen-bond donors (Lipinski definition) is 1. The van der Waals surface area contributed by atoms with Crippen molar-refractivity contribution < 1.29 is 9.63 Å². The highest BCUT2D eigenvalue weighted by Gasteiger charge is 1.98. The zero-order chi connectivity index (χ0) is 12.8. The number of carbonyl (C=O) groups is 1. The second-order valence-electron chi connectivity index (χ2n) is 4.01. The molecule has 2 rings (SSSR count). The summed E-state index contributed by atoms with van der Waals surface area (Å²) < 4.78 is 0. The van der Waals surface area contributed by atoms with Crippen molar-refractivity contribution >= 4 is 11.5 Å². The third kappa shape index (κ3) is 3.43. The van der Waals surface area contributed by atoms with Crippen LogP contribution in [0.4, 0.5) is 5.69 Å². The minimum atomic E-state index is 0.0618. The van der Waals surface area contributed by atoms with Crippen LogP contribution < -0.4 is 5.48 Å². The molecular weight excluding hydrogens is 226 g/mol. The number of nitrogens with one attached hydrogen (secondary N) is 1. The van der Waals surface area contributed by atoms with Gasteiger partial charge in [0, 0.05) is 5.56 Å². The minimum absolute atomic E-state index is 0.0618. The van der Waals surface area contributed by atoms with Crippen molar-refractivity contribution in [2.75, 3.05) is 5.48 Å². The lowest BCUT2D eigenvalue weighted by Gasteiger charge is -2.07. The molecule has 0 aliphatic rings. The van der Waals surface area contributed by atoms with Gasteiger partial charge in [-0.15, -0.1) is 0 Å². The molecule has 2 aromatic rings. The molecule has 2 aromatic carbocycles. The Kier molecular flexibility index (Phi) is 4.10. The summed E-state index contributed by atoms with van der Waals surface area (Å²) in [6, 6.07) is 17.1. The van der Waals surface area contributed by atoms with Crippen LogP contribution in [0.25, 0.3) is 0 Å². The lowest BCUT2D eigenvalue weighted by molar-refractivity contribution is 0.101. The average molecular weight is 241 g/mol. The van der Waals surface area contributed by atoms with E-state index in [4.69, 9.17) is 4.84 Å². The number of benzene rings is 2. The van der Waals surface area contributed by atoms with Crippen LogP contribution in [-0.4, -0.2) is 5.78 Å². The lowest BCUT2D eigenvalue weighted by atomic mass is 10.1. The SMILES string of the molecule is CC(=O)c1ccc(NOCc2ccccc2)cc1. The number of rotatable bonds is 5. The van der Waals surface area contributed by atoms with E-state index in [1.807, 2.05) is 42.5 Å². The highest BCUT2D eigenvalue weighted by molar-refractivity contribution is 5.94. The number of hydrogen-bond acceptors (Lipinski definition) is 3. The van der Waals surface area contributed by atoms with Gasteiger partial charge in [0.2, 0.25) is 0 Å². The molecule has 0 spiro atoms. The molecule has 0 aromatic heterocycles. The van der Waals surface area contributed by atoms with E-state index >= 15 is 0 Å². The van der Waals surface area contributed by atoms with Crippen LogP contribution in [0.2, 0.25) is 0 Å². The third-order valence-corrected chi connectivity index (χ3v) is 2.56. The molecule has 3 heteroatoms. The number of ketones is 1.